The molecular weight excluding hydrogens is 186 g/mol. The number of hydrogen-bond acceptors (Lipinski definition) is 4. The summed E-state index contributed by atoms with van der Waals surface area (Å²) in [5, 5.41) is 0. The van der Waals surface area contributed by atoms with Gasteiger partial charge in [0.05, 0.1) is 5.60 Å². The average Bonchev–Trinajstić information content (AvgIpc) is 1.79. The van der Waals surface area contributed by atoms with Crippen molar-refractivity contribution in [3.8, 4) is 0 Å². The molecule has 0 aromatic heterocycles. The zero-order valence-electron chi connectivity index (χ0n) is 7.33. The van der Waals surface area contributed by atoms with Crippen molar-refractivity contribution in [2.24, 2.45) is 0 Å². The fraction of sp³-hybridized carbons (Fsp3) is 0.833. The van der Waals surface area contributed by atoms with Crippen LogP contribution in [-0.2, 0) is 14.5 Å². The number of hydrogen-bond donors (Lipinski definition) is 0. The fourth-order valence-corrected chi connectivity index (χ4v) is 0.594. The van der Waals surface area contributed by atoms with Gasteiger partial charge in [0.25, 0.3) is 0 Å². The number of halogens is 1. The van der Waals surface area contributed by atoms with Crippen molar-refractivity contribution in [2.45, 2.75) is 26.4 Å². The van der Waals surface area contributed by atoms with Crippen LogP contribution in [0.15, 0.2) is 0 Å². The number of aldehydes is 1. The average molecular weight is 200 g/mol. The molecule has 6 heteroatoms. The van der Waals surface area contributed by atoms with Crippen molar-refractivity contribution in [1.82, 2.24) is 4.75 Å². The SMILES string of the molecule is CC(C)(C)ON(Cl)OCC=O.O. The van der Waals surface area contributed by atoms with Gasteiger partial charge in [-0.25, -0.2) is 0 Å². The van der Waals surface area contributed by atoms with E-state index in [1.807, 2.05) is 20.8 Å². The highest BCUT2D eigenvalue weighted by atomic mass is 35.5. The fourth-order valence-electron chi connectivity index (χ4n) is 0.331. The Morgan fingerprint density at radius 2 is 2.00 bits per heavy atom. The maximum absolute atomic E-state index is 9.81. The first-order valence-electron chi connectivity index (χ1n) is 3.17. The lowest BCUT2D eigenvalue weighted by Crippen LogP contribution is -2.28. The molecule has 0 saturated carbocycles. The molecule has 74 valence electrons. The summed E-state index contributed by atoms with van der Waals surface area (Å²) in [4.78, 5) is 19.3. The van der Waals surface area contributed by atoms with Gasteiger partial charge in [-0.15, -0.1) is 0 Å². The summed E-state index contributed by atoms with van der Waals surface area (Å²) >= 11 is 5.37. The van der Waals surface area contributed by atoms with Crippen LogP contribution in [0.2, 0.25) is 0 Å². The van der Waals surface area contributed by atoms with Crippen LogP contribution >= 0.6 is 11.8 Å². The molecule has 0 radical (unpaired) electrons. The van der Waals surface area contributed by atoms with Crippen LogP contribution in [0.5, 0.6) is 0 Å². The molecule has 0 spiro atoms. The zero-order valence-corrected chi connectivity index (χ0v) is 8.09. The van der Waals surface area contributed by atoms with Gasteiger partial charge in [-0.3, -0.25) is 9.68 Å². The largest absolute Gasteiger partial charge is 0.412 e. The van der Waals surface area contributed by atoms with E-state index >= 15 is 0 Å². The van der Waals surface area contributed by atoms with E-state index in [4.69, 9.17) is 16.6 Å². The molecule has 0 unspecified atom stereocenters. The van der Waals surface area contributed by atoms with Crippen molar-refractivity contribution in [3.05, 3.63) is 0 Å². The molecule has 0 atom stereocenters. The van der Waals surface area contributed by atoms with Crippen molar-refractivity contribution in [2.75, 3.05) is 6.61 Å². The third-order valence-corrected chi connectivity index (χ3v) is 0.756. The van der Waals surface area contributed by atoms with E-state index in [9.17, 15) is 4.79 Å². The summed E-state index contributed by atoms with van der Waals surface area (Å²) in [6.45, 7) is 5.32. The van der Waals surface area contributed by atoms with Crippen LogP contribution in [0.4, 0.5) is 0 Å². The van der Waals surface area contributed by atoms with Gasteiger partial charge in [-0.05, 0) is 20.8 Å². The molecule has 0 amide bonds. The number of nitrogens with zero attached hydrogens (tertiary/aromatic N) is 1. The second-order valence-electron chi connectivity index (χ2n) is 2.88. The van der Waals surface area contributed by atoms with Gasteiger partial charge in [-0.1, -0.05) is 0 Å². The summed E-state index contributed by atoms with van der Waals surface area (Å²) in [7, 11) is 0. The number of carbonyl (C=O) groups is 1. The van der Waals surface area contributed by atoms with Gasteiger partial charge in [0.15, 0.2) is 0 Å². The second-order valence-corrected chi connectivity index (χ2v) is 3.15. The Labute approximate surface area is 76.5 Å². The first-order chi connectivity index (χ1) is 4.95. The van der Waals surface area contributed by atoms with Crippen LogP contribution < -0.4 is 0 Å². The number of carbonyl (C=O) groups excluding carboxylic acids is 1. The number of rotatable bonds is 4. The lowest BCUT2D eigenvalue weighted by molar-refractivity contribution is -0.337. The predicted octanol–water partition coefficient (Wildman–Crippen LogP) is 0.478. The van der Waals surface area contributed by atoms with Gasteiger partial charge < -0.3 is 10.3 Å². The Hall–Kier alpha value is -0.200. The Kier molecular flexibility index (Phi) is 7.56. The first-order valence-corrected chi connectivity index (χ1v) is 3.51. The highest BCUT2D eigenvalue weighted by Gasteiger charge is 2.15. The standard InChI is InChI=1S/C6H12ClNO3.H2O/c1-6(2,3)11-8(7)10-5-4-9;/h4H,5H2,1-3H3;1H2. The molecule has 2 N–H and O–H groups in total. The Morgan fingerprint density at radius 3 is 2.33 bits per heavy atom. The quantitative estimate of drug-likeness (QED) is 0.375. The minimum Gasteiger partial charge on any atom is -0.412 e. The zero-order chi connectivity index (χ0) is 8.91. The first kappa shape index (κ1) is 14.3. The minimum absolute atomic E-state index is 0. The maximum Gasteiger partial charge on any atom is 0.147 e. The molecular formula is C6H14ClNO4. The summed E-state index contributed by atoms with van der Waals surface area (Å²) in [6, 6.07) is 0. The van der Waals surface area contributed by atoms with E-state index in [2.05, 4.69) is 4.84 Å². The summed E-state index contributed by atoms with van der Waals surface area (Å²) in [6.07, 6.45) is 0.585. The van der Waals surface area contributed by atoms with Crippen molar-refractivity contribution >= 4 is 18.1 Å². The third kappa shape index (κ3) is 9.80. The van der Waals surface area contributed by atoms with Crippen molar-refractivity contribution < 1.29 is 19.9 Å². The third-order valence-electron chi connectivity index (χ3n) is 0.590. The Morgan fingerprint density at radius 1 is 1.50 bits per heavy atom. The molecule has 0 aromatic rings. The lowest BCUT2D eigenvalue weighted by Gasteiger charge is -2.22. The normalized spacial score (nSPS) is 11.1. The predicted molar refractivity (Wildman–Crippen MR) is 44.2 cm³/mol. The Balaban J connectivity index is 0. The maximum atomic E-state index is 9.81. The van der Waals surface area contributed by atoms with Crippen molar-refractivity contribution in [3.63, 3.8) is 0 Å². The van der Waals surface area contributed by atoms with Crippen LogP contribution in [0.25, 0.3) is 0 Å². The van der Waals surface area contributed by atoms with Gasteiger partial charge in [-0.2, -0.15) is 0 Å². The molecule has 0 aromatic carbocycles. The monoisotopic (exact) mass is 199 g/mol. The lowest BCUT2D eigenvalue weighted by atomic mass is 10.2. The van der Waals surface area contributed by atoms with E-state index in [1.54, 1.807) is 0 Å². The van der Waals surface area contributed by atoms with Crippen LogP contribution in [0, 0.1) is 0 Å². The molecule has 0 heterocycles. The summed E-state index contributed by atoms with van der Waals surface area (Å²) in [5.74, 6) is 0. The summed E-state index contributed by atoms with van der Waals surface area (Å²) < 4.78 is 0.661. The second kappa shape index (κ2) is 6.33. The Bertz CT molecular complexity index is 125. The van der Waals surface area contributed by atoms with Crippen LogP contribution in [-0.4, -0.2) is 28.7 Å². The summed E-state index contributed by atoms with van der Waals surface area (Å²) in [5.41, 5.74) is -0.426. The van der Waals surface area contributed by atoms with E-state index in [1.165, 1.54) is 0 Å². The topological polar surface area (TPSA) is 70.3 Å². The minimum atomic E-state index is -0.426. The van der Waals surface area contributed by atoms with E-state index in [0.717, 1.165) is 0 Å². The molecule has 0 fully saturated rings. The highest BCUT2D eigenvalue weighted by molar-refractivity contribution is 6.11. The van der Waals surface area contributed by atoms with Gasteiger partial charge in [0, 0.05) is 16.5 Å². The molecule has 5 nitrogen and oxygen atoms in total. The van der Waals surface area contributed by atoms with E-state index < -0.39 is 5.60 Å². The van der Waals surface area contributed by atoms with Crippen molar-refractivity contribution in [1.29, 1.82) is 0 Å². The van der Waals surface area contributed by atoms with E-state index in [-0.39, 0.29) is 12.1 Å². The molecule has 0 aliphatic heterocycles. The molecule has 0 aliphatic carbocycles. The highest BCUT2D eigenvalue weighted by Crippen LogP contribution is 2.11. The van der Waals surface area contributed by atoms with Gasteiger partial charge >= 0.3 is 0 Å². The van der Waals surface area contributed by atoms with Crippen LogP contribution in [0.1, 0.15) is 20.8 Å². The molecule has 12 heavy (non-hydrogen) atoms. The smallest absolute Gasteiger partial charge is 0.147 e. The molecule has 0 aliphatic rings. The van der Waals surface area contributed by atoms with Gasteiger partial charge in [0.1, 0.15) is 12.9 Å². The molecule has 0 saturated heterocycles. The van der Waals surface area contributed by atoms with Gasteiger partial charge in [0.2, 0.25) is 0 Å². The van der Waals surface area contributed by atoms with Crippen LogP contribution in [0.3, 0.4) is 0 Å². The molecule has 0 rings (SSSR count). The van der Waals surface area contributed by atoms with E-state index in [0.29, 0.717) is 11.0 Å². The molecule has 0 bridgehead atoms.